The van der Waals surface area contributed by atoms with Gasteiger partial charge in [-0.05, 0) is 38.5 Å². The SMILES string of the molecule is O=C(NCC#Cc1cn([C@H]2CC(O)[C@@H](CO)O2)c(=O)[nH]c1=O)C1CCC(C(=O)NCCOCCOCCCCCCCl)CC1. The van der Waals surface area contributed by atoms with Gasteiger partial charge in [-0.3, -0.25) is 23.9 Å². The zero-order valence-corrected chi connectivity index (χ0v) is 25.8. The number of rotatable bonds is 17. The number of aliphatic hydroxyl groups excluding tert-OH is 2. The van der Waals surface area contributed by atoms with Gasteiger partial charge in [0, 0.05) is 43.5 Å². The van der Waals surface area contributed by atoms with E-state index in [9.17, 15) is 29.4 Å². The van der Waals surface area contributed by atoms with E-state index in [4.69, 9.17) is 25.8 Å². The van der Waals surface area contributed by atoms with Gasteiger partial charge in [0.05, 0.1) is 39.1 Å². The van der Waals surface area contributed by atoms with Crippen molar-refractivity contribution in [1.82, 2.24) is 20.2 Å². The Hall–Kier alpha value is -2.73. The highest BCUT2D eigenvalue weighted by atomic mass is 35.5. The summed E-state index contributed by atoms with van der Waals surface area (Å²) in [6.07, 6.45) is 5.39. The zero-order valence-electron chi connectivity index (χ0n) is 25.1. The molecule has 1 unspecified atom stereocenters. The van der Waals surface area contributed by atoms with E-state index in [1.807, 2.05) is 0 Å². The topological polar surface area (TPSA) is 181 Å². The first kappa shape index (κ1) is 35.7. The monoisotopic (exact) mass is 640 g/mol. The molecule has 3 rings (SSSR count). The number of hydrogen-bond donors (Lipinski definition) is 5. The minimum Gasteiger partial charge on any atom is -0.394 e. The van der Waals surface area contributed by atoms with E-state index < -0.39 is 36.3 Å². The molecule has 2 aliphatic rings. The van der Waals surface area contributed by atoms with Crippen LogP contribution in [-0.2, 0) is 23.8 Å². The van der Waals surface area contributed by atoms with Crippen LogP contribution in [0.1, 0.15) is 69.6 Å². The summed E-state index contributed by atoms with van der Waals surface area (Å²) in [6.45, 7) is 2.17. The average Bonchev–Trinajstić information content (AvgIpc) is 3.40. The van der Waals surface area contributed by atoms with Crippen LogP contribution in [0.5, 0.6) is 0 Å². The number of carbonyl (C=O) groups is 2. The second-order valence-corrected chi connectivity index (χ2v) is 11.4. The van der Waals surface area contributed by atoms with Gasteiger partial charge in [0.15, 0.2) is 0 Å². The molecule has 2 heterocycles. The quantitative estimate of drug-likeness (QED) is 0.0915. The molecule has 3 atom stereocenters. The number of aliphatic hydroxyl groups is 2. The van der Waals surface area contributed by atoms with E-state index in [2.05, 4.69) is 27.5 Å². The maximum atomic E-state index is 12.6. The van der Waals surface area contributed by atoms with Gasteiger partial charge in [-0.1, -0.05) is 24.7 Å². The molecule has 1 aliphatic carbocycles. The molecule has 1 saturated heterocycles. The van der Waals surface area contributed by atoms with Gasteiger partial charge in [0.25, 0.3) is 5.56 Å². The summed E-state index contributed by atoms with van der Waals surface area (Å²) < 4.78 is 17.6. The number of H-pyrrole nitrogens is 1. The van der Waals surface area contributed by atoms with Crippen LogP contribution in [0.2, 0.25) is 0 Å². The Morgan fingerprint density at radius 3 is 2.32 bits per heavy atom. The van der Waals surface area contributed by atoms with Gasteiger partial charge in [0.2, 0.25) is 11.8 Å². The molecule has 246 valence electrons. The summed E-state index contributed by atoms with van der Waals surface area (Å²) in [5, 5.41) is 24.9. The lowest BCUT2D eigenvalue weighted by Crippen LogP contribution is -2.38. The Bertz CT molecular complexity index is 1220. The fourth-order valence-electron chi connectivity index (χ4n) is 5.24. The highest BCUT2D eigenvalue weighted by molar-refractivity contribution is 6.17. The number of nitrogens with one attached hydrogen (secondary N) is 3. The number of unbranched alkanes of at least 4 members (excludes halogenated alkanes) is 3. The van der Waals surface area contributed by atoms with Crippen LogP contribution in [0.15, 0.2) is 15.8 Å². The summed E-state index contributed by atoms with van der Waals surface area (Å²) in [5.41, 5.74) is -1.40. The average molecular weight is 641 g/mol. The smallest absolute Gasteiger partial charge is 0.330 e. The third-order valence-electron chi connectivity index (χ3n) is 7.79. The minimum atomic E-state index is -0.944. The van der Waals surface area contributed by atoms with E-state index in [0.717, 1.165) is 30.3 Å². The van der Waals surface area contributed by atoms with Crippen LogP contribution in [0.25, 0.3) is 0 Å². The van der Waals surface area contributed by atoms with Crippen molar-refractivity contribution in [2.75, 3.05) is 52.0 Å². The number of alkyl halides is 1. The third kappa shape index (κ3) is 11.6. The molecule has 0 bridgehead atoms. The predicted octanol–water partition coefficient (Wildman–Crippen LogP) is 0.400. The van der Waals surface area contributed by atoms with Crippen LogP contribution >= 0.6 is 11.6 Å². The standard InChI is InChI=1S/C30H45ClN4O9/c31-11-3-1-2-4-14-42-16-17-43-15-13-33-28(39)22-9-7-21(8-10-22)27(38)32-12-5-6-23-19-35(30(41)34-29(23)40)26-18-24(37)25(20-36)44-26/h19,21-22,24-26,36-37H,1-4,7-18,20H2,(H,32,38)(H,33,39)(H,34,40,41)/t21?,22?,24?,25-,26-/m1/s1. The summed E-state index contributed by atoms with van der Waals surface area (Å²) in [5.74, 6) is 5.55. The minimum absolute atomic E-state index is 0.000778. The highest BCUT2D eigenvalue weighted by Crippen LogP contribution is 2.29. The van der Waals surface area contributed by atoms with Crippen molar-refractivity contribution in [2.45, 2.75) is 76.2 Å². The Morgan fingerprint density at radius 2 is 1.66 bits per heavy atom. The van der Waals surface area contributed by atoms with Gasteiger partial charge in [0.1, 0.15) is 17.9 Å². The number of hydrogen-bond acceptors (Lipinski definition) is 9. The van der Waals surface area contributed by atoms with Crippen LogP contribution in [-0.4, -0.2) is 95.8 Å². The lowest BCUT2D eigenvalue weighted by molar-refractivity contribution is -0.130. The van der Waals surface area contributed by atoms with E-state index in [1.54, 1.807) is 0 Å². The first-order valence-electron chi connectivity index (χ1n) is 15.4. The molecule has 2 fully saturated rings. The van der Waals surface area contributed by atoms with Crippen molar-refractivity contribution in [2.24, 2.45) is 11.8 Å². The van der Waals surface area contributed by atoms with E-state index >= 15 is 0 Å². The number of carbonyl (C=O) groups excluding carboxylic acids is 2. The Kier molecular flexibility index (Phi) is 15.9. The zero-order chi connectivity index (χ0) is 31.7. The molecule has 1 aromatic rings. The molecule has 44 heavy (non-hydrogen) atoms. The normalized spacial score (nSPS) is 23.1. The van der Waals surface area contributed by atoms with E-state index in [-0.39, 0.29) is 42.2 Å². The summed E-state index contributed by atoms with van der Waals surface area (Å²) in [7, 11) is 0. The number of amides is 2. The lowest BCUT2D eigenvalue weighted by Gasteiger charge is -2.26. The first-order valence-corrected chi connectivity index (χ1v) is 15.9. The number of ether oxygens (including phenoxy) is 3. The maximum Gasteiger partial charge on any atom is 0.330 e. The molecule has 0 spiro atoms. The number of aromatic nitrogens is 2. The number of nitrogens with zero attached hydrogens (tertiary/aromatic N) is 1. The number of aromatic amines is 1. The molecule has 14 heteroatoms. The molecule has 1 aromatic heterocycles. The lowest BCUT2D eigenvalue weighted by atomic mass is 9.81. The highest BCUT2D eigenvalue weighted by Gasteiger charge is 2.35. The van der Waals surface area contributed by atoms with Crippen molar-refractivity contribution in [1.29, 1.82) is 0 Å². The largest absolute Gasteiger partial charge is 0.394 e. The van der Waals surface area contributed by atoms with Crippen molar-refractivity contribution in [3.63, 3.8) is 0 Å². The first-order chi connectivity index (χ1) is 21.3. The molecule has 1 saturated carbocycles. The molecule has 0 aromatic carbocycles. The molecule has 0 radical (unpaired) electrons. The summed E-state index contributed by atoms with van der Waals surface area (Å²) in [4.78, 5) is 51.7. The third-order valence-corrected chi connectivity index (χ3v) is 8.06. The van der Waals surface area contributed by atoms with Crippen molar-refractivity contribution >= 4 is 23.4 Å². The fraction of sp³-hybridized carbons (Fsp3) is 0.733. The molecule has 5 N–H and O–H groups in total. The molecular formula is C30H45ClN4O9. The van der Waals surface area contributed by atoms with Gasteiger partial charge in [-0.2, -0.15) is 0 Å². The fourth-order valence-corrected chi connectivity index (χ4v) is 5.43. The van der Waals surface area contributed by atoms with Crippen LogP contribution in [0, 0.1) is 23.7 Å². The molecule has 2 amide bonds. The molecule has 1 aliphatic heterocycles. The number of halogens is 1. The molecular weight excluding hydrogens is 596 g/mol. The van der Waals surface area contributed by atoms with Gasteiger partial charge in [-0.25, -0.2) is 4.79 Å². The van der Waals surface area contributed by atoms with Crippen LogP contribution < -0.4 is 21.9 Å². The van der Waals surface area contributed by atoms with Crippen LogP contribution in [0.4, 0.5) is 0 Å². The maximum absolute atomic E-state index is 12.6. The summed E-state index contributed by atoms with van der Waals surface area (Å²) >= 11 is 5.65. The Morgan fingerprint density at radius 1 is 1.00 bits per heavy atom. The van der Waals surface area contributed by atoms with E-state index in [0.29, 0.717) is 64.5 Å². The van der Waals surface area contributed by atoms with Crippen molar-refractivity contribution in [3.05, 3.63) is 32.6 Å². The second-order valence-electron chi connectivity index (χ2n) is 11.0. The van der Waals surface area contributed by atoms with Gasteiger partial charge < -0.3 is 35.1 Å². The summed E-state index contributed by atoms with van der Waals surface area (Å²) in [6, 6.07) is 0. The van der Waals surface area contributed by atoms with Crippen LogP contribution in [0.3, 0.4) is 0 Å². The Balaban J connectivity index is 1.30. The second kappa shape index (κ2) is 19.6. The van der Waals surface area contributed by atoms with Crippen molar-refractivity contribution in [3.8, 4) is 11.8 Å². The Labute approximate surface area is 262 Å². The van der Waals surface area contributed by atoms with E-state index in [1.165, 1.54) is 6.20 Å². The van der Waals surface area contributed by atoms with Gasteiger partial charge >= 0.3 is 5.69 Å². The van der Waals surface area contributed by atoms with Gasteiger partial charge in [-0.15, -0.1) is 11.6 Å². The predicted molar refractivity (Wildman–Crippen MR) is 162 cm³/mol. The van der Waals surface area contributed by atoms with Crippen molar-refractivity contribution < 1.29 is 34.0 Å². The molecule has 13 nitrogen and oxygen atoms in total.